The quantitative estimate of drug-likeness (QED) is 0.786. The standard InChI is InChI=1S/C15H16N2O4/c1-9-7-11(14(16-9)15(19)20)17-13(18)8-10-5-3-4-6-12(10)21-2/h3-7,16H,8H2,1-2H3,(H,17,18)(H,19,20). The molecule has 1 heterocycles. The largest absolute Gasteiger partial charge is 0.496 e. The number of amides is 1. The molecule has 1 aromatic heterocycles. The maximum atomic E-state index is 12.1. The fourth-order valence-electron chi connectivity index (χ4n) is 2.07. The Kier molecular flexibility index (Phi) is 4.27. The van der Waals surface area contributed by atoms with Gasteiger partial charge < -0.3 is 20.1 Å². The lowest BCUT2D eigenvalue weighted by atomic mass is 10.1. The monoisotopic (exact) mass is 288 g/mol. The first-order valence-electron chi connectivity index (χ1n) is 6.36. The van der Waals surface area contributed by atoms with E-state index in [9.17, 15) is 9.59 Å². The molecule has 3 N–H and O–H groups in total. The lowest BCUT2D eigenvalue weighted by molar-refractivity contribution is -0.115. The molecule has 2 aromatic rings. The third-order valence-corrected chi connectivity index (χ3v) is 2.98. The zero-order valence-electron chi connectivity index (χ0n) is 11.8. The van der Waals surface area contributed by atoms with Crippen LogP contribution in [0.1, 0.15) is 21.7 Å². The fraction of sp³-hybridized carbons (Fsp3) is 0.200. The van der Waals surface area contributed by atoms with Crippen LogP contribution >= 0.6 is 0 Å². The number of carboxylic acids is 1. The number of rotatable bonds is 5. The van der Waals surface area contributed by atoms with Crippen molar-refractivity contribution in [1.82, 2.24) is 4.98 Å². The number of methoxy groups -OCH3 is 1. The van der Waals surface area contributed by atoms with E-state index in [4.69, 9.17) is 9.84 Å². The van der Waals surface area contributed by atoms with Gasteiger partial charge in [-0.3, -0.25) is 4.79 Å². The van der Waals surface area contributed by atoms with E-state index in [0.717, 1.165) is 5.56 Å². The highest BCUT2D eigenvalue weighted by Gasteiger charge is 2.16. The van der Waals surface area contributed by atoms with Crippen molar-refractivity contribution in [3.05, 3.63) is 47.3 Å². The summed E-state index contributed by atoms with van der Waals surface area (Å²) in [6.07, 6.45) is 0.104. The van der Waals surface area contributed by atoms with E-state index < -0.39 is 5.97 Å². The van der Waals surface area contributed by atoms with Crippen molar-refractivity contribution in [2.24, 2.45) is 0 Å². The molecule has 0 aliphatic heterocycles. The minimum absolute atomic E-state index is 0.0270. The van der Waals surface area contributed by atoms with Crippen LogP contribution in [0.2, 0.25) is 0 Å². The minimum Gasteiger partial charge on any atom is -0.496 e. The van der Waals surface area contributed by atoms with Crippen molar-refractivity contribution in [2.75, 3.05) is 12.4 Å². The first kappa shape index (κ1) is 14.6. The van der Waals surface area contributed by atoms with Gasteiger partial charge in [0.2, 0.25) is 5.91 Å². The van der Waals surface area contributed by atoms with Crippen LogP contribution in [-0.4, -0.2) is 29.1 Å². The number of aryl methyl sites for hydroxylation is 1. The van der Waals surface area contributed by atoms with Crippen molar-refractivity contribution in [1.29, 1.82) is 0 Å². The maximum absolute atomic E-state index is 12.1. The van der Waals surface area contributed by atoms with Crippen LogP contribution in [0.4, 0.5) is 5.69 Å². The first-order chi connectivity index (χ1) is 10.0. The number of aromatic carboxylic acids is 1. The molecular formula is C15H16N2O4. The van der Waals surface area contributed by atoms with Crippen LogP contribution in [-0.2, 0) is 11.2 Å². The second kappa shape index (κ2) is 6.13. The average molecular weight is 288 g/mol. The Morgan fingerprint density at radius 1 is 1.33 bits per heavy atom. The number of hydrogen-bond acceptors (Lipinski definition) is 3. The van der Waals surface area contributed by atoms with E-state index in [1.54, 1.807) is 25.1 Å². The number of benzene rings is 1. The van der Waals surface area contributed by atoms with E-state index >= 15 is 0 Å². The summed E-state index contributed by atoms with van der Waals surface area (Å²) in [4.78, 5) is 25.8. The number of aromatic amines is 1. The smallest absolute Gasteiger partial charge is 0.354 e. The molecular weight excluding hydrogens is 272 g/mol. The molecule has 0 spiro atoms. The third kappa shape index (κ3) is 3.42. The number of H-pyrrole nitrogens is 1. The van der Waals surface area contributed by atoms with Gasteiger partial charge in [0.05, 0.1) is 19.2 Å². The molecule has 6 nitrogen and oxygen atoms in total. The summed E-state index contributed by atoms with van der Waals surface area (Å²) in [6.45, 7) is 1.72. The average Bonchev–Trinajstić information content (AvgIpc) is 2.80. The van der Waals surface area contributed by atoms with Crippen molar-refractivity contribution in [2.45, 2.75) is 13.3 Å². The van der Waals surface area contributed by atoms with Crippen LogP contribution in [0.25, 0.3) is 0 Å². The molecule has 1 aromatic carbocycles. The van der Waals surface area contributed by atoms with Crippen molar-refractivity contribution in [3.8, 4) is 5.75 Å². The Balaban J connectivity index is 2.14. The molecule has 0 radical (unpaired) electrons. The van der Waals surface area contributed by atoms with E-state index in [-0.39, 0.29) is 23.7 Å². The van der Waals surface area contributed by atoms with Gasteiger partial charge in [-0.1, -0.05) is 18.2 Å². The molecule has 0 fully saturated rings. The predicted octanol–water partition coefficient (Wildman–Crippen LogP) is 2.21. The molecule has 110 valence electrons. The van der Waals surface area contributed by atoms with Crippen molar-refractivity contribution in [3.63, 3.8) is 0 Å². The van der Waals surface area contributed by atoms with Gasteiger partial charge in [-0.05, 0) is 19.1 Å². The van der Waals surface area contributed by atoms with Gasteiger partial charge in [0.1, 0.15) is 11.4 Å². The van der Waals surface area contributed by atoms with Crippen LogP contribution in [0, 0.1) is 6.92 Å². The van der Waals surface area contributed by atoms with Gasteiger partial charge in [-0.2, -0.15) is 0 Å². The Morgan fingerprint density at radius 2 is 2.05 bits per heavy atom. The number of ether oxygens (including phenoxy) is 1. The first-order valence-corrected chi connectivity index (χ1v) is 6.36. The van der Waals surface area contributed by atoms with Gasteiger partial charge >= 0.3 is 5.97 Å². The Morgan fingerprint density at radius 3 is 2.71 bits per heavy atom. The van der Waals surface area contributed by atoms with Gasteiger partial charge in [0.15, 0.2) is 0 Å². The highest BCUT2D eigenvalue weighted by atomic mass is 16.5. The number of nitrogens with one attached hydrogen (secondary N) is 2. The Hall–Kier alpha value is -2.76. The van der Waals surface area contributed by atoms with E-state index in [2.05, 4.69) is 10.3 Å². The number of carbonyl (C=O) groups is 2. The highest BCUT2D eigenvalue weighted by molar-refractivity contribution is 6.00. The lowest BCUT2D eigenvalue weighted by Crippen LogP contribution is -2.16. The summed E-state index contributed by atoms with van der Waals surface area (Å²) in [7, 11) is 1.54. The van der Waals surface area contributed by atoms with Crippen LogP contribution < -0.4 is 10.1 Å². The van der Waals surface area contributed by atoms with Gasteiger partial charge in [0.25, 0.3) is 0 Å². The molecule has 0 aliphatic rings. The Bertz CT molecular complexity index is 676. The summed E-state index contributed by atoms with van der Waals surface area (Å²) >= 11 is 0. The molecule has 0 unspecified atom stereocenters. The Labute approximate surface area is 121 Å². The lowest BCUT2D eigenvalue weighted by Gasteiger charge is -2.08. The SMILES string of the molecule is COc1ccccc1CC(=O)Nc1cc(C)[nH]c1C(=O)O. The molecule has 0 saturated carbocycles. The van der Waals surface area contributed by atoms with Gasteiger partial charge in [-0.25, -0.2) is 4.79 Å². The number of hydrogen-bond donors (Lipinski definition) is 3. The summed E-state index contributed by atoms with van der Waals surface area (Å²) in [5.74, 6) is -0.798. The van der Waals surface area contributed by atoms with Crippen LogP contribution in [0.3, 0.4) is 0 Å². The van der Waals surface area contributed by atoms with Crippen molar-refractivity contribution < 1.29 is 19.4 Å². The normalized spacial score (nSPS) is 10.2. The number of carbonyl (C=O) groups excluding carboxylic acids is 1. The van der Waals surface area contributed by atoms with Crippen LogP contribution in [0.15, 0.2) is 30.3 Å². The molecule has 2 rings (SSSR count). The number of aromatic nitrogens is 1. The number of anilines is 1. The molecule has 0 saturated heterocycles. The summed E-state index contributed by atoms with van der Waals surface area (Å²) in [5, 5.41) is 11.7. The van der Waals surface area contributed by atoms with Crippen molar-refractivity contribution >= 4 is 17.6 Å². The zero-order chi connectivity index (χ0) is 15.4. The van der Waals surface area contributed by atoms with Gasteiger partial charge in [0, 0.05) is 11.3 Å². The molecule has 0 bridgehead atoms. The third-order valence-electron chi connectivity index (χ3n) is 2.98. The summed E-state index contributed by atoms with van der Waals surface area (Å²) in [6, 6.07) is 8.78. The molecule has 0 atom stereocenters. The molecule has 1 amide bonds. The fourth-order valence-corrected chi connectivity index (χ4v) is 2.07. The van der Waals surface area contributed by atoms with E-state index in [1.165, 1.54) is 7.11 Å². The number of para-hydroxylation sites is 1. The topological polar surface area (TPSA) is 91.4 Å². The zero-order valence-corrected chi connectivity index (χ0v) is 11.8. The molecule has 21 heavy (non-hydrogen) atoms. The minimum atomic E-state index is -1.12. The van der Waals surface area contributed by atoms with E-state index in [1.807, 2.05) is 12.1 Å². The van der Waals surface area contributed by atoms with E-state index in [0.29, 0.717) is 11.4 Å². The second-order valence-corrected chi connectivity index (χ2v) is 4.58. The van der Waals surface area contributed by atoms with Gasteiger partial charge in [-0.15, -0.1) is 0 Å². The predicted molar refractivity (Wildman–Crippen MR) is 77.8 cm³/mol. The summed E-state index contributed by atoms with van der Waals surface area (Å²) in [5.41, 5.74) is 1.64. The number of carboxylic acid groups (broad SMARTS) is 1. The van der Waals surface area contributed by atoms with Crippen LogP contribution in [0.5, 0.6) is 5.75 Å². The highest BCUT2D eigenvalue weighted by Crippen LogP contribution is 2.20. The maximum Gasteiger partial charge on any atom is 0.354 e. The summed E-state index contributed by atoms with van der Waals surface area (Å²) < 4.78 is 5.18. The second-order valence-electron chi connectivity index (χ2n) is 4.58. The molecule has 0 aliphatic carbocycles. The molecule has 6 heteroatoms.